The third kappa shape index (κ3) is 8.06. The molecule has 3 aromatic carbocycles. The summed E-state index contributed by atoms with van der Waals surface area (Å²) in [5.41, 5.74) is 4.65. The minimum atomic E-state index is -0.882. The lowest BCUT2D eigenvalue weighted by Gasteiger charge is -2.28. The maximum Gasteiger partial charge on any atom is 0.407 e. The van der Waals surface area contributed by atoms with Crippen LogP contribution in [-0.4, -0.2) is 67.8 Å². The number of benzene rings is 3. The molecule has 11 heteroatoms. The molecule has 0 spiro atoms. The summed E-state index contributed by atoms with van der Waals surface area (Å²) >= 11 is 0. The highest BCUT2D eigenvalue weighted by Crippen LogP contribution is 2.34. The van der Waals surface area contributed by atoms with E-state index < -0.39 is 12.1 Å². The molecule has 3 amide bonds. The Morgan fingerprint density at radius 3 is 1.69 bits per heavy atom. The van der Waals surface area contributed by atoms with Crippen molar-refractivity contribution < 1.29 is 19.1 Å². The number of carbonyl (C=O) groups excluding carboxylic acids is 3. The van der Waals surface area contributed by atoms with Crippen molar-refractivity contribution in [3.05, 3.63) is 143 Å². The SMILES string of the molecule is COC(=O)N[C@@H](C(=O)N1CCC[C@H]1c1ncc(C#Cc2ccc(C#Cc3cnc([C@@H]4CCCN4C(=O)[C@H](C)c4ccccc4)[nH]3)cc2)[nH]1)c1ccccc1. The molecule has 272 valence electrons. The minimum Gasteiger partial charge on any atom is -0.453 e. The van der Waals surface area contributed by atoms with Gasteiger partial charge in [-0.05, 0) is 79.8 Å². The molecule has 4 atom stereocenters. The van der Waals surface area contributed by atoms with Crippen LogP contribution in [0.4, 0.5) is 4.79 Å². The molecular weight excluding hydrogens is 679 g/mol. The molecule has 0 aliphatic carbocycles. The molecule has 2 aliphatic rings. The molecule has 2 aliphatic heterocycles. The fourth-order valence-corrected chi connectivity index (χ4v) is 7.09. The Hall–Kier alpha value is -6.59. The molecule has 2 aromatic heterocycles. The van der Waals surface area contributed by atoms with Crippen LogP contribution in [0.1, 0.15) is 102 Å². The first kappa shape index (κ1) is 35.8. The first-order chi connectivity index (χ1) is 26.4. The van der Waals surface area contributed by atoms with Crippen molar-refractivity contribution in [2.75, 3.05) is 20.2 Å². The second-order valence-corrected chi connectivity index (χ2v) is 13.4. The van der Waals surface area contributed by atoms with Crippen LogP contribution in [-0.2, 0) is 14.3 Å². The first-order valence-corrected chi connectivity index (χ1v) is 18.2. The van der Waals surface area contributed by atoms with Crippen molar-refractivity contribution in [1.82, 2.24) is 35.1 Å². The third-order valence-corrected chi connectivity index (χ3v) is 9.96. The number of amides is 3. The normalized spacial score (nSPS) is 17.4. The average Bonchev–Trinajstić information content (AvgIpc) is 4.06. The number of alkyl carbamates (subject to hydrolysis) is 1. The summed E-state index contributed by atoms with van der Waals surface area (Å²) in [4.78, 5) is 58.8. The van der Waals surface area contributed by atoms with Crippen molar-refractivity contribution in [2.45, 2.75) is 56.7 Å². The largest absolute Gasteiger partial charge is 0.453 e. The Labute approximate surface area is 314 Å². The second kappa shape index (κ2) is 16.4. The maximum atomic E-state index is 13.8. The fraction of sp³-hybridized carbons (Fsp3) is 0.279. The summed E-state index contributed by atoms with van der Waals surface area (Å²) in [6.07, 6.45) is 6.07. The van der Waals surface area contributed by atoms with E-state index in [2.05, 4.69) is 48.9 Å². The van der Waals surface area contributed by atoms with E-state index in [0.29, 0.717) is 35.9 Å². The van der Waals surface area contributed by atoms with Gasteiger partial charge in [-0.2, -0.15) is 0 Å². The highest BCUT2D eigenvalue weighted by atomic mass is 16.5. The highest BCUT2D eigenvalue weighted by Gasteiger charge is 2.37. The summed E-state index contributed by atoms with van der Waals surface area (Å²) in [7, 11) is 1.27. The molecule has 0 bridgehead atoms. The molecule has 0 radical (unpaired) electrons. The van der Waals surface area contributed by atoms with Gasteiger partial charge in [-0.1, -0.05) is 72.5 Å². The molecule has 4 heterocycles. The molecule has 2 fully saturated rings. The minimum absolute atomic E-state index is 0.0926. The Morgan fingerprint density at radius 1 is 0.704 bits per heavy atom. The van der Waals surface area contributed by atoms with Crippen LogP contribution in [0.3, 0.4) is 0 Å². The fourth-order valence-electron chi connectivity index (χ4n) is 7.09. The summed E-state index contributed by atoms with van der Waals surface area (Å²) in [5, 5.41) is 2.69. The molecule has 5 aromatic rings. The number of hydrogen-bond donors (Lipinski definition) is 3. The van der Waals surface area contributed by atoms with Crippen molar-refractivity contribution in [2.24, 2.45) is 0 Å². The van der Waals surface area contributed by atoms with Crippen LogP contribution in [0.5, 0.6) is 0 Å². The van der Waals surface area contributed by atoms with Crippen molar-refractivity contribution in [1.29, 1.82) is 0 Å². The Morgan fingerprint density at radius 2 is 1.19 bits per heavy atom. The van der Waals surface area contributed by atoms with Gasteiger partial charge in [-0.25, -0.2) is 14.8 Å². The first-order valence-electron chi connectivity index (χ1n) is 18.2. The number of ether oxygens (including phenoxy) is 1. The molecule has 54 heavy (non-hydrogen) atoms. The number of nitrogens with one attached hydrogen (secondary N) is 3. The van der Waals surface area contributed by atoms with Gasteiger partial charge in [0.25, 0.3) is 5.91 Å². The van der Waals surface area contributed by atoms with Crippen LogP contribution in [0.2, 0.25) is 0 Å². The van der Waals surface area contributed by atoms with Crippen molar-refractivity contribution >= 4 is 17.9 Å². The third-order valence-electron chi connectivity index (χ3n) is 9.96. The molecule has 0 unspecified atom stereocenters. The number of imidazole rings is 2. The van der Waals surface area contributed by atoms with E-state index in [1.165, 1.54) is 7.11 Å². The van der Waals surface area contributed by atoms with Crippen LogP contribution < -0.4 is 5.32 Å². The van der Waals surface area contributed by atoms with Crippen LogP contribution in [0.25, 0.3) is 0 Å². The zero-order valence-electron chi connectivity index (χ0n) is 30.2. The maximum absolute atomic E-state index is 13.8. The van der Waals surface area contributed by atoms with Crippen LogP contribution >= 0.6 is 0 Å². The van der Waals surface area contributed by atoms with E-state index >= 15 is 0 Å². The predicted molar refractivity (Wildman–Crippen MR) is 203 cm³/mol. The lowest BCUT2D eigenvalue weighted by atomic mass is 9.99. The summed E-state index contributed by atoms with van der Waals surface area (Å²) < 4.78 is 4.80. The number of aromatic nitrogens is 4. The molecule has 11 nitrogen and oxygen atoms in total. The highest BCUT2D eigenvalue weighted by molar-refractivity contribution is 5.87. The number of likely N-dealkylation sites (tertiary alicyclic amines) is 2. The van der Waals surface area contributed by atoms with Crippen LogP contribution in [0, 0.1) is 23.7 Å². The summed E-state index contributed by atoms with van der Waals surface area (Å²) in [6, 6.07) is 25.4. The molecular formula is C43H41N7O4. The molecule has 2 saturated heterocycles. The molecule has 0 saturated carbocycles. The predicted octanol–water partition coefficient (Wildman–Crippen LogP) is 6.16. The van der Waals surface area contributed by atoms with E-state index in [1.807, 2.05) is 96.8 Å². The van der Waals surface area contributed by atoms with Gasteiger partial charge >= 0.3 is 6.09 Å². The summed E-state index contributed by atoms with van der Waals surface area (Å²) in [5.74, 6) is 13.8. The lowest BCUT2D eigenvalue weighted by Crippen LogP contribution is -2.42. The van der Waals surface area contributed by atoms with Gasteiger partial charge in [0.05, 0.1) is 37.5 Å². The summed E-state index contributed by atoms with van der Waals surface area (Å²) in [6.45, 7) is 3.22. The Kier molecular flexibility index (Phi) is 10.9. The topological polar surface area (TPSA) is 136 Å². The Bertz CT molecular complexity index is 2220. The van der Waals surface area contributed by atoms with Crippen LogP contribution in [0.15, 0.2) is 97.3 Å². The van der Waals surface area contributed by atoms with Crippen molar-refractivity contribution in [3.8, 4) is 23.7 Å². The zero-order chi connectivity index (χ0) is 37.4. The van der Waals surface area contributed by atoms with Gasteiger partial charge in [0.2, 0.25) is 5.91 Å². The van der Waals surface area contributed by atoms with Gasteiger partial charge in [-0.15, -0.1) is 0 Å². The van der Waals surface area contributed by atoms with E-state index in [-0.39, 0.29) is 29.8 Å². The van der Waals surface area contributed by atoms with E-state index in [1.54, 1.807) is 17.3 Å². The van der Waals surface area contributed by atoms with E-state index in [0.717, 1.165) is 48.2 Å². The second-order valence-electron chi connectivity index (χ2n) is 13.4. The smallest absolute Gasteiger partial charge is 0.407 e. The van der Waals surface area contributed by atoms with E-state index in [4.69, 9.17) is 4.74 Å². The number of methoxy groups -OCH3 is 1. The van der Waals surface area contributed by atoms with Gasteiger partial charge in [0, 0.05) is 24.2 Å². The number of aromatic amines is 2. The molecule has 7 rings (SSSR count). The van der Waals surface area contributed by atoms with Gasteiger partial charge in [0.1, 0.15) is 29.1 Å². The number of hydrogen-bond acceptors (Lipinski definition) is 6. The lowest BCUT2D eigenvalue weighted by molar-refractivity contribution is -0.135. The van der Waals surface area contributed by atoms with Crippen molar-refractivity contribution in [3.63, 3.8) is 0 Å². The zero-order valence-corrected chi connectivity index (χ0v) is 30.2. The average molecular weight is 720 g/mol. The number of nitrogens with zero attached hydrogens (tertiary/aromatic N) is 4. The van der Waals surface area contributed by atoms with Gasteiger partial charge in [-0.3, -0.25) is 9.59 Å². The van der Waals surface area contributed by atoms with Gasteiger partial charge in [0.15, 0.2) is 0 Å². The number of H-pyrrole nitrogens is 2. The van der Waals surface area contributed by atoms with Gasteiger partial charge < -0.3 is 29.8 Å². The standard InChI is InChI=1S/C43H41N7O4/c1-29(32-11-5-3-6-12-32)41(51)49-25-9-15-36(49)39-44-27-34(46-39)23-21-30-17-19-31(20-18-30)22-24-35-28-45-40(47-35)37-16-10-26-50(37)42(52)38(48-43(53)54-2)33-13-7-4-8-14-33/h3-8,11-14,17-20,27-29,36-38H,9-10,15-16,25-26H2,1-2H3,(H,44,46)(H,45,47)(H,48,53)/t29-,36+,37+,38-/m1/s1. The number of carbonyl (C=O) groups is 3. The molecule has 3 N–H and O–H groups in total. The monoisotopic (exact) mass is 719 g/mol. The quantitative estimate of drug-likeness (QED) is 0.173. The van der Waals surface area contributed by atoms with E-state index in [9.17, 15) is 14.4 Å². The Balaban J connectivity index is 0.975. The number of rotatable bonds is 7.